The Bertz CT molecular complexity index is 1570. The van der Waals surface area contributed by atoms with Crippen LogP contribution in [0.4, 0.5) is 0 Å². The number of ether oxygens (including phenoxy) is 1. The van der Waals surface area contributed by atoms with E-state index in [1.54, 1.807) is 24.4 Å². The summed E-state index contributed by atoms with van der Waals surface area (Å²) in [6.45, 7) is 0.413. The van der Waals surface area contributed by atoms with Crippen LogP contribution < -0.4 is 4.74 Å². The van der Waals surface area contributed by atoms with Gasteiger partial charge in [0.1, 0.15) is 23.7 Å². The van der Waals surface area contributed by atoms with Crippen molar-refractivity contribution in [2.24, 2.45) is 0 Å². The molecule has 0 aliphatic carbocycles. The largest absolute Gasteiger partial charge is 0.489 e. The molecule has 0 bridgehead atoms. The normalized spacial score (nSPS) is 11.1. The molecule has 0 saturated heterocycles. The number of rotatable bonds is 8. The summed E-state index contributed by atoms with van der Waals surface area (Å²) < 4.78 is 7.06. The number of halogens is 2. The van der Waals surface area contributed by atoms with E-state index in [2.05, 4.69) is 9.97 Å². The fourth-order valence-corrected chi connectivity index (χ4v) is 5.55. The van der Waals surface area contributed by atoms with Gasteiger partial charge in [0.2, 0.25) is 0 Å². The zero-order chi connectivity index (χ0) is 26.6. The number of thioether (sulfide) groups is 2. The van der Waals surface area contributed by atoms with Gasteiger partial charge in [0, 0.05) is 16.7 Å². The Kier molecular flexibility index (Phi) is 8.14. The van der Waals surface area contributed by atoms with Crippen molar-refractivity contribution in [1.29, 1.82) is 0 Å². The third-order valence-electron chi connectivity index (χ3n) is 5.74. The van der Waals surface area contributed by atoms with Crippen LogP contribution in [0.5, 0.6) is 5.75 Å². The maximum Gasteiger partial charge on any atom is 0.187 e. The standard InChI is InChI=1S/C28H22Cl2N4O2S2/c1-37-20-14-21(29)24(22(30)15-20)27-33-25(23-11-12-31-28(32-23)38-2)26(34(27)35)18-9-6-10-19(13-18)36-16-17-7-4-3-5-8-17/h3-15,35H,16H2,1-2H3. The van der Waals surface area contributed by atoms with Gasteiger partial charge >= 0.3 is 0 Å². The van der Waals surface area contributed by atoms with Crippen LogP contribution in [0, 0.1) is 0 Å². The first-order chi connectivity index (χ1) is 18.5. The maximum absolute atomic E-state index is 11.5. The Labute approximate surface area is 239 Å². The van der Waals surface area contributed by atoms with Gasteiger partial charge in [-0.25, -0.2) is 15.0 Å². The van der Waals surface area contributed by atoms with Gasteiger partial charge in [-0.1, -0.05) is 77.4 Å². The average molecular weight is 582 g/mol. The van der Waals surface area contributed by atoms with Crippen LogP contribution >= 0.6 is 46.7 Å². The second-order valence-corrected chi connectivity index (χ2v) is 10.6. The van der Waals surface area contributed by atoms with Gasteiger partial charge in [0.25, 0.3) is 0 Å². The predicted molar refractivity (Wildman–Crippen MR) is 156 cm³/mol. The highest BCUT2D eigenvalue weighted by Crippen LogP contribution is 2.42. The molecule has 192 valence electrons. The summed E-state index contributed by atoms with van der Waals surface area (Å²) in [6.07, 6.45) is 5.51. The van der Waals surface area contributed by atoms with Crippen molar-refractivity contribution >= 4 is 46.7 Å². The Morgan fingerprint density at radius 2 is 1.66 bits per heavy atom. The molecule has 38 heavy (non-hydrogen) atoms. The highest BCUT2D eigenvalue weighted by molar-refractivity contribution is 7.98. The lowest BCUT2D eigenvalue weighted by Crippen LogP contribution is -2.00. The number of imidazole rings is 1. The SMILES string of the molecule is CSc1cc(Cl)c(-c2nc(-c3ccnc(SC)n3)c(-c3cccc(OCc4ccccc4)c3)n2O)c(Cl)c1. The first kappa shape index (κ1) is 26.4. The zero-order valence-electron chi connectivity index (χ0n) is 20.4. The van der Waals surface area contributed by atoms with Crippen LogP contribution in [-0.2, 0) is 6.61 Å². The molecule has 0 atom stereocenters. The van der Waals surface area contributed by atoms with Gasteiger partial charge in [-0.15, -0.1) is 11.8 Å². The summed E-state index contributed by atoms with van der Waals surface area (Å²) in [5.41, 5.74) is 3.60. The highest BCUT2D eigenvalue weighted by atomic mass is 35.5. The zero-order valence-corrected chi connectivity index (χ0v) is 23.6. The van der Waals surface area contributed by atoms with Crippen molar-refractivity contribution in [2.45, 2.75) is 16.7 Å². The molecule has 0 fully saturated rings. The molecule has 0 unspecified atom stereocenters. The minimum atomic E-state index is 0.206. The molecule has 0 spiro atoms. The summed E-state index contributed by atoms with van der Waals surface area (Å²) in [4.78, 5) is 14.6. The van der Waals surface area contributed by atoms with E-state index in [1.807, 2.05) is 67.1 Å². The van der Waals surface area contributed by atoms with E-state index in [0.717, 1.165) is 15.2 Å². The molecule has 5 rings (SSSR count). The molecule has 2 aromatic heterocycles. The van der Waals surface area contributed by atoms with Gasteiger partial charge < -0.3 is 9.94 Å². The lowest BCUT2D eigenvalue weighted by molar-refractivity contribution is 0.195. The van der Waals surface area contributed by atoms with Crippen molar-refractivity contribution < 1.29 is 9.94 Å². The predicted octanol–water partition coefficient (Wildman–Crippen LogP) is 8.24. The minimum absolute atomic E-state index is 0.206. The number of benzene rings is 3. The maximum atomic E-state index is 11.5. The van der Waals surface area contributed by atoms with Crippen molar-refractivity contribution in [3.63, 3.8) is 0 Å². The molecular weight excluding hydrogens is 559 g/mol. The van der Waals surface area contributed by atoms with E-state index < -0.39 is 0 Å². The van der Waals surface area contributed by atoms with E-state index >= 15 is 0 Å². The Morgan fingerprint density at radius 1 is 0.895 bits per heavy atom. The van der Waals surface area contributed by atoms with E-state index in [9.17, 15) is 5.21 Å². The summed E-state index contributed by atoms with van der Waals surface area (Å²) in [7, 11) is 0. The minimum Gasteiger partial charge on any atom is -0.489 e. The van der Waals surface area contributed by atoms with Gasteiger partial charge in [-0.3, -0.25) is 0 Å². The summed E-state index contributed by atoms with van der Waals surface area (Å²) >= 11 is 16.2. The molecule has 0 aliphatic rings. The fourth-order valence-electron chi connectivity index (χ4n) is 3.94. The summed E-state index contributed by atoms with van der Waals surface area (Å²) in [6, 6.07) is 22.8. The lowest BCUT2D eigenvalue weighted by atomic mass is 10.1. The van der Waals surface area contributed by atoms with Crippen molar-refractivity contribution in [3.8, 4) is 39.8 Å². The second-order valence-electron chi connectivity index (χ2n) is 8.14. The molecule has 1 N–H and O–H groups in total. The summed E-state index contributed by atoms with van der Waals surface area (Å²) in [5, 5.41) is 12.9. The molecule has 0 radical (unpaired) electrons. The molecule has 10 heteroatoms. The first-order valence-electron chi connectivity index (χ1n) is 11.5. The Hall–Kier alpha value is -3.17. The molecule has 0 saturated carbocycles. The smallest absolute Gasteiger partial charge is 0.187 e. The van der Waals surface area contributed by atoms with Crippen LogP contribution in [0.15, 0.2) is 89.0 Å². The van der Waals surface area contributed by atoms with Gasteiger partial charge in [-0.05, 0) is 48.4 Å². The van der Waals surface area contributed by atoms with E-state index in [0.29, 0.717) is 55.8 Å². The molecule has 2 heterocycles. The molecular formula is C28H22Cl2N4O2S2. The molecule has 6 nitrogen and oxygen atoms in total. The number of aromatic nitrogens is 4. The fraction of sp³-hybridized carbons (Fsp3) is 0.107. The summed E-state index contributed by atoms with van der Waals surface area (Å²) in [5.74, 6) is 0.852. The average Bonchev–Trinajstić information content (AvgIpc) is 3.28. The lowest BCUT2D eigenvalue weighted by Gasteiger charge is -2.11. The third kappa shape index (κ3) is 5.49. The van der Waals surface area contributed by atoms with Crippen molar-refractivity contribution in [1.82, 2.24) is 19.7 Å². The van der Waals surface area contributed by atoms with E-state index in [1.165, 1.54) is 23.5 Å². The van der Waals surface area contributed by atoms with Crippen molar-refractivity contribution in [2.75, 3.05) is 12.5 Å². The monoisotopic (exact) mass is 580 g/mol. The van der Waals surface area contributed by atoms with E-state index in [-0.39, 0.29) is 5.82 Å². The van der Waals surface area contributed by atoms with Gasteiger partial charge in [-0.2, -0.15) is 4.73 Å². The molecule has 5 aromatic rings. The van der Waals surface area contributed by atoms with Crippen LogP contribution in [-0.4, -0.2) is 37.4 Å². The Balaban J connectivity index is 1.64. The van der Waals surface area contributed by atoms with Crippen molar-refractivity contribution in [3.05, 3.63) is 94.6 Å². The molecule has 3 aromatic carbocycles. The first-order valence-corrected chi connectivity index (χ1v) is 14.7. The van der Waals surface area contributed by atoms with Crippen LogP contribution in [0.1, 0.15) is 5.56 Å². The quantitative estimate of drug-likeness (QED) is 0.112. The van der Waals surface area contributed by atoms with Gasteiger partial charge in [0.15, 0.2) is 11.0 Å². The molecule has 0 amide bonds. The number of hydrogen-bond acceptors (Lipinski definition) is 7. The van der Waals surface area contributed by atoms with Crippen LogP contribution in [0.2, 0.25) is 10.0 Å². The van der Waals surface area contributed by atoms with Crippen LogP contribution in [0.25, 0.3) is 34.0 Å². The molecule has 0 aliphatic heterocycles. The second kappa shape index (κ2) is 11.7. The third-order valence-corrected chi connectivity index (χ3v) is 7.61. The Morgan fingerprint density at radius 3 is 2.37 bits per heavy atom. The van der Waals surface area contributed by atoms with Gasteiger partial charge in [0.05, 0.1) is 21.3 Å². The topological polar surface area (TPSA) is 73.1 Å². The van der Waals surface area contributed by atoms with E-state index in [4.69, 9.17) is 32.9 Å². The highest BCUT2D eigenvalue weighted by Gasteiger charge is 2.25. The number of hydrogen-bond donors (Lipinski definition) is 1. The van der Waals surface area contributed by atoms with Crippen LogP contribution in [0.3, 0.4) is 0 Å². The number of nitrogens with zero attached hydrogens (tertiary/aromatic N) is 4.